The molecule has 0 aromatic heterocycles. The molecule has 0 aliphatic heterocycles. The summed E-state index contributed by atoms with van der Waals surface area (Å²) in [6, 6.07) is 0. The quantitative estimate of drug-likeness (QED) is 0.316. The van der Waals surface area contributed by atoms with Crippen molar-refractivity contribution in [1.29, 1.82) is 0 Å². The van der Waals surface area contributed by atoms with Gasteiger partial charge in [-0.15, -0.1) is 24.0 Å². The number of nitrogens with zero attached hydrogens (tertiary/aromatic N) is 1. The molecule has 3 N–H and O–H groups in total. The Labute approximate surface area is 165 Å². The lowest BCUT2D eigenvalue weighted by Crippen LogP contribution is -2.49. The fraction of sp³-hybridized carbons (Fsp3) is 0.889. The first kappa shape index (κ1) is 23.5. The maximum atomic E-state index is 11.9. The summed E-state index contributed by atoms with van der Waals surface area (Å²) in [4.78, 5) is 16.2. The van der Waals surface area contributed by atoms with Crippen molar-refractivity contribution in [1.82, 2.24) is 16.0 Å². The van der Waals surface area contributed by atoms with Crippen LogP contribution in [0.5, 0.6) is 0 Å². The Kier molecular flexibility index (Phi) is 10.2. The van der Waals surface area contributed by atoms with Crippen molar-refractivity contribution < 1.29 is 4.79 Å². The van der Waals surface area contributed by atoms with Crippen LogP contribution in [0.1, 0.15) is 59.8 Å². The molecule has 24 heavy (non-hydrogen) atoms. The average molecular weight is 452 g/mol. The van der Waals surface area contributed by atoms with E-state index in [2.05, 4.69) is 34.8 Å². The highest BCUT2D eigenvalue weighted by Crippen LogP contribution is 2.42. The number of amides is 1. The molecule has 0 heterocycles. The average Bonchev–Trinajstić information content (AvgIpc) is 2.94. The van der Waals surface area contributed by atoms with Gasteiger partial charge in [-0.2, -0.15) is 0 Å². The number of hydrogen-bond acceptors (Lipinski definition) is 2. The normalized spacial score (nSPS) is 17.4. The van der Waals surface area contributed by atoms with E-state index in [4.69, 9.17) is 0 Å². The number of nitrogens with one attached hydrogen (secondary N) is 3. The summed E-state index contributed by atoms with van der Waals surface area (Å²) in [6.45, 7) is 10.00. The van der Waals surface area contributed by atoms with Crippen molar-refractivity contribution in [2.75, 3.05) is 27.2 Å². The molecule has 0 unspecified atom stereocenters. The summed E-state index contributed by atoms with van der Waals surface area (Å²) in [5, 5.41) is 9.50. The van der Waals surface area contributed by atoms with Gasteiger partial charge in [0.25, 0.3) is 0 Å². The monoisotopic (exact) mass is 452 g/mol. The molecule has 5 nitrogen and oxygen atoms in total. The molecule has 0 saturated heterocycles. The third-order valence-corrected chi connectivity index (χ3v) is 4.90. The topological polar surface area (TPSA) is 65.5 Å². The molecule has 0 bridgehead atoms. The molecule has 1 rings (SSSR count). The highest BCUT2D eigenvalue weighted by Gasteiger charge is 2.34. The molecule has 0 radical (unpaired) electrons. The third kappa shape index (κ3) is 7.15. The Morgan fingerprint density at radius 1 is 1.21 bits per heavy atom. The smallest absolute Gasteiger partial charge is 0.227 e. The van der Waals surface area contributed by atoms with Gasteiger partial charge in [0.15, 0.2) is 5.96 Å². The van der Waals surface area contributed by atoms with Crippen LogP contribution in [0.15, 0.2) is 4.99 Å². The van der Waals surface area contributed by atoms with E-state index in [1.54, 1.807) is 14.1 Å². The molecule has 1 aliphatic carbocycles. The highest BCUT2D eigenvalue weighted by molar-refractivity contribution is 14.0. The van der Waals surface area contributed by atoms with E-state index in [0.29, 0.717) is 12.0 Å². The summed E-state index contributed by atoms with van der Waals surface area (Å²) in [5.41, 5.74) is -0.0581. The van der Waals surface area contributed by atoms with E-state index in [1.165, 1.54) is 32.1 Å². The Balaban J connectivity index is 0.00000529. The second kappa shape index (κ2) is 10.5. The van der Waals surface area contributed by atoms with Crippen LogP contribution in [-0.2, 0) is 4.79 Å². The van der Waals surface area contributed by atoms with Crippen LogP contribution < -0.4 is 16.0 Å². The van der Waals surface area contributed by atoms with Crippen molar-refractivity contribution in [3.63, 3.8) is 0 Å². The van der Waals surface area contributed by atoms with E-state index >= 15 is 0 Å². The molecule has 1 aliphatic rings. The molecule has 1 fully saturated rings. The van der Waals surface area contributed by atoms with Crippen molar-refractivity contribution in [2.45, 2.75) is 59.8 Å². The van der Waals surface area contributed by atoms with Gasteiger partial charge in [-0.25, -0.2) is 0 Å². The molecular weight excluding hydrogens is 415 g/mol. The minimum atomic E-state index is -0.463. The van der Waals surface area contributed by atoms with E-state index in [9.17, 15) is 4.79 Å². The highest BCUT2D eigenvalue weighted by atomic mass is 127. The van der Waals surface area contributed by atoms with E-state index in [0.717, 1.165) is 18.4 Å². The number of aliphatic imine (C=N–C) groups is 1. The van der Waals surface area contributed by atoms with Gasteiger partial charge < -0.3 is 16.0 Å². The third-order valence-electron chi connectivity index (χ3n) is 4.90. The lowest BCUT2D eigenvalue weighted by atomic mass is 9.78. The van der Waals surface area contributed by atoms with Gasteiger partial charge in [-0.05, 0) is 44.4 Å². The van der Waals surface area contributed by atoms with Crippen LogP contribution in [0.4, 0.5) is 0 Å². The molecule has 0 aromatic rings. The van der Waals surface area contributed by atoms with E-state index < -0.39 is 5.41 Å². The number of guanidine groups is 1. The van der Waals surface area contributed by atoms with Crippen LogP contribution >= 0.6 is 24.0 Å². The summed E-state index contributed by atoms with van der Waals surface area (Å²) in [6.07, 6.45) is 6.55. The number of halogens is 1. The number of hydrogen-bond donors (Lipinski definition) is 3. The molecule has 1 saturated carbocycles. The second-order valence-electron chi connectivity index (χ2n) is 8.05. The number of rotatable bonds is 7. The molecule has 0 atom stereocenters. The fourth-order valence-corrected chi connectivity index (χ4v) is 3.66. The zero-order chi connectivity index (χ0) is 17.5. The fourth-order valence-electron chi connectivity index (χ4n) is 3.66. The summed E-state index contributed by atoms with van der Waals surface area (Å²) in [5.74, 6) is 1.54. The Morgan fingerprint density at radius 3 is 2.25 bits per heavy atom. The van der Waals surface area contributed by atoms with Crippen LogP contribution in [0, 0.1) is 16.7 Å². The van der Waals surface area contributed by atoms with Gasteiger partial charge in [0.1, 0.15) is 0 Å². The lowest BCUT2D eigenvalue weighted by molar-refractivity contribution is -0.128. The van der Waals surface area contributed by atoms with Crippen LogP contribution in [0.25, 0.3) is 0 Å². The SMILES string of the molecule is CN=C(NCC1(CC(C)C)CCCC1)NCC(C)(C)C(=O)NC.I. The first-order valence-corrected chi connectivity index (χ1v) is 8.91. The maximum Gasteiger partial charge on any atom is 0.227 e. The van der Waals surface area contributed by atoms with Crippen LogP contribution in [0.3, 0.4) is 0 Å². The first-order valence-electron chi connectivity index (χ1n) is 8.91. The molecule has 6 heteroatoms. The molecular formula is C18H37IN4O. The minimum absolute atomic E-state index is 0. The van der Waals surface area contributed by atoms with Gasteiger partial charge in [0.2, 0.25) is 5.91 Å². The lowest BCUT2D eigenvalue weighted by Gasteiger charge is -2.32. The van der Waals surface area contributed by atoms with Crippen molar-refractivity contribution >= 4 is 35.8 Å². The molecule has 142 valence electrons. The van der Waals surface area contributed by atoms with E-state index in [-0.39, 0.29) is 29.9 Å². The van der Waals surface area contributed by atoms with Crippen molar-refractivity contribution in [2.24, 2.45) is 21.7 Å². The Bertz CT molecular complexity index is 415. The maximum absolute atomic E-state index is 11.9. The zero-order valence-electron chi connectivity index (χ0n) is 16.3. The predicted octanol–water partition coefficient (Wildman–Crippen LogP) is 3.15. The Morgan fingerprint density at radius 2 is 1.79 bits per heavy atom. The second-order valence-corrected chi connectivity index (χ2v) is 8.05. The predicted molar refractivity (Wildman–Crippen MR) is 113 cm³/mol. The van der Waals surface area contributed by atoms with Gasteiger partial charge in [-0.3, -0.25) is 9.79 Å². The van der Waals surface area contributed by atoms with Gasteiger partial charge in [0, 0.05) is 27.2 Å². The van der Waals surface area contributed by atoms with Gasteiger partial charge in [0.05, 0.1) is 5.41 Å². The van der Waals surface area contributed by atoms with Crippen LogP contribution in [-0.4, -0.2) is 39.1 Å². The standard InChI is InChI=1S/C18H36N4O.HI/c1-14(2)11-18(9-7-8-10-18)13-22-16(20-6)21-12-17(3,4)15(23)19-5;/h14H,7-13H2,1-6H3,(H,19,23)(H2,20,21,22);1H. The number of carbonyl (C=O) groups is 1. The van der Waals surface area contributed by atoms with Gasteiger partial charge >= 0.3 is 0 Å². The van der Waals surface area contributed by atoms with Crippen molar-refractivity contribution in [3.05, 3.63) is 0 Å². The summed E-state index contributed by atoms with van der Waals surface area (Å²) >= 11 is 0. The minimum Gasteiger partial charge on any atom is -0.359 e. The number of carbonyl (C=O) groups excluding carboxylic acids is 1. The molecule has 1 amide bonds. The summed E-state index contributed by atoms with van der Waals surface area (Å²) < 4.78 is 0. The first-order chi connectivity index (χ1) is 10.7. The van der Waals surface area contributed by atoms with Gasteiger partial charge in [-0.1, -0.05) is 26.7 Å². The van der Waals surface area contributed by atoms with Crippen LogP contribution in [0.2, 0.25) is 0 Å². The largest absolute Gasteiger partial charge is 0.359 e. The Hall–Kier alpha value is -0.530. The van der Waals surface area contributed by atoms with Crippen molar-refractivity contribution in [3.8, 4) is 0 Å². The zero-order valence-corrected chi connectivity index (χ0v) is 18.6. The summed E-state index contributed by atoms with van der Waals surface area (Å²) in [7, 11) is 3.46. The molecule has 0 aromatic carbocycles. The molecule has 0 spiro atoms. The van der Waals surface area contributed by atoms with E-state index in [1.807, 2.05) is 13.8 Å².